The molecule has 43 heavy (non-hydrogen) atoms. The van der Waals surface area contributed by atoms with Gasteiger partial charge in [0.1, 0.15) is 22.7 Å². The summed E-state index contributed by atoms with van der Waals surface area (Å²) in [5, 5.41) is 1.23. The molecule has 1 fully saturated rings. The lowest BCUT2D eigenvalue weighted by molar-refractivity contribution is -0.126. The Balaban J connectivity index is 1.58. The number of rotatable bonds is 6. The highest BCUT2D eigenvalue weighted by atomic mass is 19.1. The number of furan rings is 1. The van der Waals surface area contributed by atoms with E-state index in [-0.39, 0.29) is 30.1 Å². The molecular weight excluding hydrogens is 547 g/mol. The van der Waals surface area contributed by atoms with Crippen LogP contribution in [0, 0.1) is 12.7 Å². The molecule has 0 bridgehead atoms. The zero-order valence-corrected chi connectivity index (χ0v) is 24.7. The average molecular weight is 581 g/mol. The van der Waals surface area contributed by atoms with Gasteiger partial charge in [-0.05, 0) is 61.2 Å². The van der Waals surface area contributed by atoms with E-state index in [0.29, 0.717) is 47.6 Å². The minimum Gasteiger partial charge on any atom is -0.464 e. The Hall–Kier alpha value is -4.86. The van der Waals surface area contributed by atoms with E-state index in [1.807, 2.05) is 43.0 Å². The monoisotopic (exact) mass is 580 g/mol. The van der Waals surface area contributed by atoms with Gasteiger partial charge in [-0.3, -0.25) is 14.3 Å². The topological polar surface area (TPSA) is 97.4 Å². The van der Waals surface area contributed by atoms with Crippen molar-refractivity contribution in [1.29, 1.82) is 0 Å². The molecule has 9 nitrogen and oxygen atoms in total. The SMILES string of the molecule is C=CC(=O)N1CCN(c2nc(=O)n(Cc3c(C)ccnc3C(C)C)c3nc(-c4cccc5ccoc45)c(F)cc23)[C@@H](C)C1. The van der Waals surface area contributed by atoms with Crippen LogP contribution in [0.25, 0.3) is 33.3 Å². The normalized spacial score (nSPS) is 15.5. The summed E-state index contributed by atoms with van der Waals surface area (Å²) >= 11 is 0. The number of carbonyl (C=O) groups is 1. The zero-order valence-electron chi connectivity index (χ0n) is 24.7. The average Bonchev–Trinajstić information content (AvgIpc) is 3.48. The van der Waals surface area contributed by atoms with Gasteiger partial charge < -0.3 is 14.2 Å². The molecule has 5 heterocycles. The maximum absolute atomic E-state index is 16.1. The lowest BCUT2D eigenvalue weighted by atomic mass is 9.99. The van der Waals surface area contributed by atoms with Crippen molar-refractivity contribution < 1.29 is 13.6 Å². The maximum Gasteiger partial charge on any atom is 0.351 e. The van der Waals surface area contributed by atoms with Gasteiger partial charge in [0.25, 0.3) is 0 Å². The Bertz CT molecular complexity index is 1950. The molecule has 0 radical (unpaired) electrons. The third-order valence-electron chi connectivity index (χ3n) is 8.19. The predicted molar refractivity (Wildman–Crippen MR) is 165 cm³/mol. The van der Waals surface area contributed by atoms with Crippen LogP contribution in [0.5, 0.6) is 0 Å². The molecule has 1 aliphatic heterocycles. The molecule has 1 amide bonds. The third kappa shape index (κ3) is 4.96. The maximum atomic E-state index is 16.1. The highest BCUT2D eigenvalue weighted by Gasteiger charge is 2.30. The number of nitrogens with zero attached hydrogens (tertiary/aromatic N) is 6. The van der Waals surface area contributed by atoms with Crippen molar-refractivity contribution in [2.75, 3.05) is 24.5 Å². The lowest BCUT2D eigenvalue weighted by Gasteiger charge is -2.40. The van der Waals surface area contributed by atoms with Gasteiger partial charge >= 0.3 is 5.69 Å². The number of hydrogen-bond acceptors (Lipinski definition) is 7. The first-order valence-corrected chi connectivity index (χ1v) is 14.4. The number of aromatic nitrogens is 4. The molecular formula is C33H33FN6O3. The van der Waals surface area contributed by atoms with Crippen LogP contribution in [0.2, 0.25) is 0 Å². The van der Waals surface area contributed by atoms with Crippen molar-refractivity contribution in [2.24, 2.45) is 0 Å². The van der Waals surface area contributed by atoms with Gasteiger partial charge in [-0.1, -0.05) is 32.6 Å². The number of piperazine rings is 1. The molecule has 6 rings (SSSR count). The van der Waals surface area contributed by atoms with E-state index in [2.05, 4.69) is 30.4 Å². The van der Waals surface area contributed by atoms with Gasteiger partial charge in [0.15, 0.2) is 5.82 Å². The fraction of sp³-hybridized carbons (Fsp3) is 0.303. The Morgan fingerprint density at radius 3 is 2.77 bits per heavy atom. The summed E-state index contributed by atoms with van der Waals surface area (Å²) in [6.45, 7) is 13.1. The third-order valence-corrected chi connectivity index (χ3v) is 8.19. The first kappa shape index (κ1) is 28.3. The summed E-state index contributed by atoms with van der Waals surface area (Å²) in [7, 11) is 0. The van der Waals surface area contributed by atoms with Crippen molar-refractivity contribution in [3.8, 4) is 11.3 Å². The number of hydrogen-bond donors (Lipinski definition) is 0. The van der Waals surface area contributed by atoms with Gasteiger partial charge in [-0.2, -0.15) is 4.98 Å². The van der Waals surface area contributed by atoms with Crippen molar-refractivity contribution in [3.63, 3.8) is 0 Å². The fourth-order valence-electron chi connectivity index (χ4n) is 5.95. The van der Waals surface area contributed by atoms with E-state index in [1.165, 1.54) is 16.7 Å². The summed E-state index contributed by atoms with van der Waals surface area (Å²) < 4.78 is 23.3. The molecule has 0 aliphatic carbocycles. The summed E-state index contributed by atoms with van der Waals surface area (Å²) in [6.07, 6.45) is 4.62. The van der Waals surface area contributed by atoms with Crippen LogP contribution in [0.15, 0.2) is 70.7 Å². The fourth-order valence-corrected chi connectivity index (χ4v) is 5.95. The number of benzene rings is 1. The van der Waals surface area contributed by atoms with Crippen LogP contribution < -0.4 is 10.6 Å². The van der Waals surface area contributed by atoms with Crippen molar-refractivity contribution in [1.82, 2.24) is 24.4 Å². The van der Waals surface area contributed by atoms with E-state index in [4.69, 9.17) is 9.40 Å². The van der Waals surface area contributed by atoms with Crippen LogP contribution in [0.3, 0.4) is 0 Å². The second-order valence-electron chi connectivity index (χ2n) is 11.3. The van der Waals surface area contributed by atoms with Crippen LogP contribution in [0.4, 0.5) is 10.2 Å². The molecule has 1 aromatic carbocycles. The molecule has 1 aliphatic rings. The highest BCUT2D eigenvalue weighted by molar-refractivity contribution is 5.95. The predicted octanol–water partition coefficient (Wildman–Crippen LogP) is 5.44. The Morgan fingerprint density at radius 2 is 2.02 bits per heavy atom. The molecule has 0 saturated carbocycles. The van der Waals surface area contributed by atoms with Crippen molar-refractivity contribution in [3.05, 3.63) is 94.6 Å². The number of para-hydroxylation sites is 1. The lowest BCUT2D eigenvalue weighted by Crippen LogP contribution is -2.54. The largest absolute Gasteiger partial charge is 0.464 e. The quantitative estimate of drug-likeness (QED) is 0.247. The molecule has 0 N–H and O–H groups in total. The van der Waals surface area contributed by atoms with Crippen LogP contribution in [-0.2, 0) is 11.3 Å². The van der Waals surface area contributed by atoms with E-state index in [9.17, 15) is 9.59 Å². The van der Waals surface area contributed by atoms with Gasteiger partial charge in [-0.25, -0.2) is 14.2 Å². The molecule has 0 spiro atoms. The second kappa shape index (κ2) is 11.1. The zero-order chi connectivity index (χ0) is 30.4. The molecule has 0 unspecified atom stereocenters. The standard InChI is InChI=1S/C33H33FN6O3/c1-6-27(41)38-13-14-39(21(5)17-38)32-24-16-26(34)29(23-9-7-8-22-11-15-43-30(22)23)36-31(24)40(33(42)37-32)18-25-20(4)10-12-35-28(25)19(2)3/h6-12,15-16,19,21H,1,13-14,17-18H2,2-5H3/t21-/m0/s1. The molecule has 5 aromatic rings. The van der Waals surface area contributed by atoms with E-state index < -0.39 is 11.5 Å². The van der Waals surface area contributed by atoms with Crippen molar-refractivity contribution in [2.45, 2.75) is 46.2 Å². The molecule has 1 saturated heterocycles. The Labute approximate surface area is 248 Å². The number of anilines is 1. The minimum atomic E-state index is -0.557. The number of carbonyl (C=O) groups excluding carboxylic acids is 1. The summed E-state index contributed by atoms with van der Waals surface area (Å²) in [4.78, 5) is 43.8. The summed E-state index contributed by atoms with van der Waals surface area (Å²) in [6, 6.07) is 10.4. The molecule has 10 heteroatoms. The number of pyridine rings is 2. The van der Waals surface area contributed by atoms with Gasteiger partial charge in [-0.15, -0.1) is 0 Å². The minimum absolute atomic E-state index is 0.0831. The number of halogens is 1. The van der Waals surface area contributed by atoms with E-state index >= 15 is 4.39 Å². The molecule has 220 valence electrons. The van der Waals surface area contributed by atoms with Gasteiger partial charge in [0.05, 0.1) is 18.2 Å². The number of fused-ring (bicyclic) bond motifs is 2. The molecule has 1 atom stereocenters. The highest BCUT2D eigenvalue weighted by Crippen LogP contribution is 2.34. The Kier molecular flexibility index (Phi) is 7.29. The summed E-state index contributed by atoms with van der Waals surface area (Å²) in [5.41, 5.74) is 3.66. The molecule has 4 aromatic heterocycles. The van der Waals surface area contributed by atoms with Crippen LogP contribution >= 0.6 is 0 Å². The smallest absolute Gasteiger partial charge is 0.351 e. The first-order chi connectivity index (χ1) is 20.7. The van der Waals surface area contributed by atoms with E-state index in [0.717, 1.165) is 22.2 Å². The Morgan fingerprint density at radius 1 is 1.21 bits per heavy atom. The van der Waals surface area contributed by atoms with Gasteiger partial charge in [0, 0.05) is 48.5 Å². The van der Waals surface area contributed by atoms with Crippen LogP contribution in [0.1, 0.15) is 43.5 Å². The van der Waals surface area contributed by atoms with E-state index in [1.54, 1.807) is 23.4 Å². The van der Waals surface area contributed by atoms with Crippen LogP contribution in [-0.4, -0.2) is 56.0 Å². The summed E-state index contributed by atoms with van der Waals surface area (Å²) in [5.74, 6) is -0.247. The number of aryl methyl sites for hydroxylation is 1. The van der Waals surface area contributed by atoms with Crippen molar-refractivity contribution >= 4 is 33.7 Å². The first-order valence-electron chi connectivity index (χ1n) is 14.4. The number of amides is 1. The van der Waals surface area contributed by atoms with Gasteiger partial charge in [0.2, 0.25) is 5.91 Å². The second-order valence-corrected chi connectivity index (χ2v) is 11.3.